The predicted octanol–water partition coefficient (Wildman–Crippen LogP) is 2.56. The van der Waals surface area contributed by atoms with E-state index in [1.165, 1.54) is 11.2 Å². The molecule has 0 saturated heterocycles. The first-order valence-corrected chi connectivity index (χ1v) is 6.84. The number of nitriles is 1. The molecule has 0 aliphatic carbocycles. The third-order valence-electron chi connectivity index (χ3n) is 2.75. The third kappa shape index (κ3) is 3.34. The van der Waals surface area contributed by atoms with Crippen molar-refractivity contribution in [2.24, 2.45) is 0 Å². The summed E-state index contributed by atoms with van der Waals surface area (Å²) in [7, 11) is 0. The van der Waals surface area contributed by atoms with Crippen LogP contribution in [0.15, 0.2) is 6.33 Å². The Morgan fingerprint density at radius 2 is 2.24 bits per heavy atom. The standard InChI is InChI=1S/C13H16ClN5O2/c1-13(2,3)21-12(20)19-8-18(6-4-5-15)9-10(14)16-7-17-11(9)19/h7H,4,6,8H2,1-3H3. The Kier molecular flexibility index (Phi) is 4.19. The van der Waals surface area contributed by atoms with Crippen LogP contribution in [-0.2, 0) is 4.74 Å². The summed E-state index contributed by atoms with van der Waals surface area (Å²) in [6.45, 7) is 6.06. The van der Waals surface area contributed by atoms with Gasteiger partial charge in [0, 0.05) is 6.54 Å². The molecule has 0 radical (unpaired) electrons. The molecule has 0 fully saturated rings. The number of halogens is 1. The summed E-state index contributed by atoms with van der Waals surface area (Å²) < 4.78 is 5.36. The van der Waals surface area contributed by atoms with Crippen LogP contribution in [0.5, 0.6) is 0 Å². The van der Waals surface area contributed by atoms with E-state index in [1.54, 1.807) is 25.7 Å². The molecule has 7 nitrogen and oxygen atoms in total. The maximum absolute atomic E-state index is 12.3. The number of carbonyl (C=O) groups is 1. The van der Waals surface area contributed by atoms with Crippen LogP contribution in [0, 0.1) is 11.3 Å². The van der Waals surface area contributed by atoms with Crippen LogP contribution in [0.1, 0.15) is 27.2 Å². The molecule has 8 heteroatoms. The van der Waals surface area contributed by atoms with Gasteiger partial charge in [-0.1, -0.05) is 11.6 Å². The molecule has 1 aromatic rings. The molecule has 0 saturated carbocycles. The van der Waals surface area contributed by atoms with Crippen LogP contribution in [0.2, 0.25) is 5.15 Å². The second-order valence-corrected chi connectivity index (χ2v) is 5.92. The number of carbonyl (C=O) groups excluding carboxylic acids is 1. The number of hydrogen-bond donors (Lipinski definition) is 0. The molecule has 1 aromatic heterocycles. The Morgan fingerprint density at radius 1 is 1.52 bits per heavy atom. The monoisotopic (exact) mass is 309 g/mol. The summed E-state index contributed by atoms with van der Waals surface area (Å²) in [5, 5.41) is 8.98. The van der Waals surface area contributed by atoms with E-state index in [9.17, 15) is 4.79 Å². The Bertz CT molecular complexity index is 593. The van der Waals surface area contributed by atoms with Gasteiger partial charge < -0.3 is 9.64 Å². The summed E-state index contributed by atoms with van der Waals surface area (Å²) in [5.74, 6) is 0.405. The number of ether oxygens (including phenoxy) is 1. The van der Waals surface area contributed by atoms with Gasteiger partial charge in [0.15, 0.2) is 11.0 Å². The summed E-state index contributed by atoms with van der Waals surface area (Å²) in [6.07, 6.45) is 1.11. The Balaban J connectivity index is 2.29. The van der Waals surface area contributed by atoms with E-state index in [0.29, 0.717) is 24.5 Å². The van der Waals surface area contributed by atoms with Crippen LogP contribution in [-0.4, -0.2) is 34.9 Å². The predicted molar refractivity (Wildman–Crippen MR) is 78.2 cm³/mol. The van der Waals surface area contributed by atoms with Crippen molar-refractivity contribution in [3.63, 3.8) is 0 Å². The van der Waals surface area contributed by atoms with Gasteiger partial charge in [-0.25, -0.2) is 19.7 Å². The molecule has 112 valence electrons. The Hall–Kier alpha value is -2.07. The molecular weight excluding hydrogens is 294 g/mol. The van der Waals surface area contributed by atoms with Crippen LogP contribution in [0.3, 0.4) is 0 Å². The number of amides is 1. The van der Waals surface area contributed by atoms with E-state index in [0.717, 1.165) is 0 Å². The maximum Gasteiger partial charge on any atom is 0.417 e. The molecule has 2 rings (SSSR count). The normalized spacial score (nSPS) is 13.9. The van der Waals surface area contributed by atoms with Crippen LogP contribution >= 0.6 is 11.6 Å². The van der Waals surface area contributed by atoms with Gasteiger partial charge in [-0.15, -0.1) is 0 Å². The van der Waals surface area contributed by atoms with Crippen molar-refractivity contribution in [2.75, 3.05) is 23.0 Å². The third-order valence-corrected chi connectivity index (χ3v) is 3.03. The Labute approximate surface area is 128 Å². The molecule has 0 spiro atoms. The average Bonchev–Trinajstić information content (AvgIpc) is 2.74. The van der Waals surface area contributed by atoms with Crippen LogP contribution < -0.4 is 9.80 Å². The fourth-order valence-corrected chi connectivity index (χ4v) is 2.20. The second-order valence-electron chi connectivity index (χ2n) is 5.56. The Morgan fingerprint density at radius 3 is 2.86 bits per heavy atom. The summed E-state index contributed by atoms with van der Waals surface area (Å²) in [4.78, 5) is 23.5. The maximum atomic E-state index is 12.3. The first kappa shape index (κ1) is 15.3. The van der Waals surface area contributed by atoms with E-state index in [4.69, 9.17) is 21.6 Å². The zero-order chi connectivity index (χ0) is 15.6. The topological polar surface area (TPSA) is 82.4 Å². The highest BCUT2D eigenvalue weighted by Crippen LogP contribution is 2.38. The molecule has 21 heavy (non-hydrogen) atoms. The first-order chi connectivity index (χ1) is 9.83. The smallest absolute Gasteiger partial charge is 0.417 e. The number of rotatable bonds is 2. The molecule has 0 aromatic carbocycles. The van der Waals surface area contributed by atoms with Gasteiger partial charge in [0.1, 0.15) is 24.3 Å². The molecule has 1 aliphatic heterocycles. The minimum Gasteiger partial charge on any atom is -0.443 e. The molecule has 2 heterocycles. The van der Waals surface area contributed by atoms with Crippen molar-refractivity contribution in [1.29, 1.82) is 5.26 Å². The molecule has 0 bridgehead atoms. The molecular formula is C13H16ClN5O2. The number of fused-ring (bicyclic) bond motifs is 1. The largest absolute Gasteiger partial charge is 0.443 e. The van der Waals surface area contributed by atoms with Gasteiger partial charge in [-0.3, -0.25) is 0 Å². The van der Waals surface area contributed by atoms with Gasteiger partial charge in [-0.05, 0) is 20.8 Å². The van der Waals surface area contributed by atoms with E-state index >= 15 is 0 Å². The van der Waals surface area contributed by atoms with E-state index in [2.05, 4.69) is 16.0 Å². The lowest BCUT2D eigenvalue weighted by atomic mass is 10.2. The quantitative estimate of drug-likeness (QED) is 0.781. The number of hydrogen-bond acceptors (Lipinski definition) is 6. The number of nitrogens with zero attached hydrogens (tertiary/aromatic N) is 5. The van der Waals surface area contributed by atoms with Gasteiger partial charge in [0.25, 0.3) is 0 Å². The highest BCUT2D eigenvalue weighted by Gasteiger charge is 2.36. The highest BCUT2D eigenvalue weighted by molar-refractivity contribution is 6.33. The lowest BCUT2D eigenvalue weighted by Crippen LogP contribution is -2.39. The van der Waals surface area contributed by atoms with Gasteiger partial charge >= 0.3 is 6.09 Å². The van der Waals surface area contributed by atoms with Crippen LogP contribution in [0.4, 0.5) is 16.3 Å². The lowest BCUT2D eigenvalue weighted by molar-refractivity contribution is 0.0582. The fourth-order valence-electron chi connectivity index (χ4n) is 1.96. The van der Waals surface area contributed by atoms with E-state index in [-0.39, 0.29) is 11.8 Å². The SMILES string of the molecule is CC(C)(C)OC(=O)N1CN(CCC#N)c2c(Cl)ncnc21. The van der Waals surface area contributed by atoms with E-state index in [1.807, 2.05) is 0 Å². The van der Waals surface area contributed by atoms with Crippen molar-refractivity contribution in [3.05, 3.63) is 11.5 Å². The van der Waals surface area contributed by atoms with Crippen molar-refractivity contribution in [1.82, 2.24) is 9.97 Å². The van der Waals surface area contributed by atoms with Crippen molar-refractivity contribution in [3.8, 4) is 6.07 Å². The molecule has 1 aliphatic rings. The van der Waals surface area contributed by atoms with Crippen LogP contribution in [0.25, 0.3) is 0 Å². The van der Waals surface area contributed by atoms with Gasteiger partial charge in [0.2, 0.25) is 0 Å². The van der Waals surface area contributed by atoms with E-state index < -0.39 is 11.7 Å². The van der Waals surface area contributed by atoms with Gasteiger partial charge in [-0.2, -0.15) is 5.26 Å². The highest BCUT2D eigenvalue weighted by atomic mass is 35.5. The summed E-state index contributed by atoms with van der Waals surface area (Å²) >= 11 is 6.09. The number of anilines is 2. The van der Waals surface area contributed by atoms with Crippen molar-refractivity contribution < 1.29 is 9.53 Å². The molecule has 0 atom stereocenters. The lowest BCUT2D eigenvalue weighted by Gasteiger charge is -2.24. The minimum absolute atomic E-state index is 0.240. The zero-order valence-electron chi connectivity index (χ0n) is 12.1. The fraction of sp³-hybridized carbons (Fsp3) is 0.538. The zero-order valence-corrected chi connectivity index (χ0v) is 12.9. The summed E-state index contributed by atoms with van der Waals surface area (Å²) in [6, 6.07) is 2.07. The minimum atomic E-state index is -0.603. The molecule has 0 unspecified atom stereocenters. The average molecular weight is 310 g/mol. The van der Waals surface area contributed by atoms with Gasteiger partial charge in [0.05, 0.1) is 12.5 Å². The molecule has 0 N–H and O–H groups in total. The first-order valence-electron chi connectivity index (χ1n) is 6.46. The number of aromatic nitrogens is 2. The summed E-state index contributed by atoms with van der Waals surface area (Å²) in [5.41, 5.74) is -0.0472. The van der Waals surface area contributed by atoms with Crippen molar-refractivity contribution in [2.45, 2.75) is 32.8 Å². The van der Waals surface area contributed by atoms with Crippen molar-refractivity contribution >= 4 is 29.2 Å². The second kappa shape index (κ2) is 5.74. The molecule has 1 amide bonds.